The normalized spacial score (nSPS) is 19.4. The Bertz CT molecular complexity index is 1030. The summed E-state index contributed by atoms with van der Waals surface area (Å²) in [6, 6.07) is 5.23. The number of likely N-dealkylation sites (tertiary alicyclic amines) is 1. The molecular formula is C22H26N4O4S. The molecule has 2 aliphatic rings. The first-order chi connectivity index (χ1) is 14.9. The van der Waals surface area contributed by atoms with Crippen molar-refractivity contribution in [2.75, 3.05) is 31.1 Å². The Kier molecular flexibility index (Phi) is 6.04. The molecule has 3 heterocycles. The van der Waals surface area contributed by atoms with Crippen LogP contribution in [0.3, 0.4) is 0 Å². The molecule has 8 nitrogen and oxygen atoms in total. The van der Waals surface area contributed by atoms with E-state index >= 15 is 0 Å². The Balaban J connectivity index is 1.53. The van der Waals surface area contributed by atoms with Crippen molar-refractivity contribution in [2.24, 2.45) is 5.92 Å². The molecule has 0 saturated carbocycles. The number of carbonyl (C=O) groups excluding carboxylic acids is 4. The molecule has 164 valence electrons. The summed E-state index contributed by atoms with van der Waals surface area (Å²) in [6.07, 6.45) is 2.02. The first kappa shape index (κ1) is 21.4. The molecule has 0 spiro atoms. The smallest absolute Gasteiger partial charge is 0.253 e. The summed E-state index contributed by atoms with van der Waals surface area (Å²) < 4.78 is 0.751. The van der Waals surface area contributed by atoms with E-state index in [1.54, 1.807) is 23.1 Å². The van der Waals surface area contributed by atoms with Gasteiger partial charge >= 0.3 is 0 Å². The fourth-order valence-electron chi connectivity index (χ4n) is 4.27. The third kappa shape index (κ3) is 4.06. The molecule has 1 aromatic carbocycles. The van der Waals surface area contributed by atoms with Gasteiger partial charge in [0.15, 0.2) is 5.13 Å². The number of thiazole rings is 1. The SMILES string of the molecule is CCN(CC)C(=O)[C@@H]1CCCN(C(=O)c2ccc3nc(N4C(=O)CCC4=O)sc3c2)C1. The summed E-state index contributed by atoms with van der Waals surface area (Å²) in [4.78, 5) is 59.0. The number of amides is 4. The Morgan fingerprint density at radius 3 is 2.55 bits per heavy atom. The third-order valence-electron chi connectivity index (χ3n) is 6.00. The molecule has 2 saturated heterocycles. The van der Waals surface area contributed by atoms with Gasteiger partial charge in [-0.3, -0.25) is 19.2 Å². The minimum atomic E-state index is -0.238. The lowest BCUT2D eigenvalue weighted by Crippen LogP contribution is -2.46. The molecule has 2 fully saturated rings. The number of anilines is 1. The minimum absolute atomic E-state index is 0.109. The number of hydrogen-bond donors (Lipinski definition) is 0. The van der Waals surface area contributed by atoms with Gasteiger partial charge in [0.05, 0.1) is 16.1 Å². The predicted molar refractivity (Wildman–Crippen MR) is 118 cm³/mol. The van der Waals surface area contributed by atoms with E-state index in [1.165, 1.54) is 11.3 Å². The van der Waals surface area contributed by atoms with E-state index in [-0.39, 0.29) is 42.4 Å². The summed E-state index contributed by atoms with van der Waals surface area (Å²) in [5.74, 6) is -0.633. The lowest BCUT2D eigenvalue weighted by atomic mass is 9.95. The summed E-state index contributed by atoms with van der Waals surface area (Å²) in [7, 11) is 0. The number of nitrogens with zero attached hydrogens (tertiary/aromatic N) is 4. The highest BCUT2D eigenvalue weighted by Gasteiger charge is 2.33. The van der Waals surface area contributed by atoms with Gasteiger partial charge in [-0.1, -0.05) is 11.3 Å². The van der Waals surface area contributed by atoms with Crippen molar-refractivity contribution < 1.29 is 19.2 Å². The van der Waals surface area contributed by atoms with Crippen LogP contribution in [-0.2, 0) is 14.4 Å². The van der Waals surface area contributed by atoms with E-state index in [2.05, 4.69) is 4.98 Å². The van der Waals surface area contributed by atoms with Crippen LogP contribution in [0.15, 0.2) is 18.2 Å². The van der Waals surface area contributed by atoms with Gasteiger partial charge in [0.25, 0.3) is 5.91 Å². The zero-order valence-electron chi connectivity index (χ0n) is 17.8. The highest BCUT2D eigenvalue weighted by Crippen LogP contribution is 2.33. The van der Waals surface area contributed by atoms with Crippen LogP contribution in [-0.4, -0.2) is 64.6 Å². The van der Waals surface area contributed by atoms with Crippen LogP contribution < -0.4 is 4.90 Å². The van der Waals surface area contributed by atoms with Crippen molar-refractivity contribution in [3.05, 3.63) is 23.8 Å². The van der Waals surface area contributed by atoms with Crippen molar-refractivity contribution in [3.63, 3.8) is 0 Å². The molecule has 0 bridgehead atoms. The summed E-state index contributed by atoms with van der Waals surface area (Å²) >= 11 is 1.24. The van der Waals surface area contributed by atoms with Crippen LogP contribution >= 0.6 is 11.3 Å². The molecule has 4 amide bonds. The Morgan fingerprint density at radius 1 is 1.16 bits per heavy atom. The number of piperidine rings is 1. The molecule has 1 atom stereocenters. The third-order valence-corrected chi connectivity index (χ3v) is 7.00. The molecule has 0 aliphatic carbocycles. The first-order valence-corrected chi connectivity index (χ1v) is 11.6. The zero-order chi connectivity index (χ0) is 22.1. The molecule has 4 rings (SSSR count). The average Bonchev–Trinajstić information content (AvgIpc) is 3.35. The van der Waals surface area contributed by atoms with Crippen LogP contribution in [0.25, 0.3) is 10.2 Å². The van der Waals surface area contributed by atoms with E-state index in [9.17, 15) is 19.2 Å². The number of aromatic nitrogens is 1. The second kappa shape index (κ2) is 8.74. The summed E-state index contributed by atoms with van der Waals surface area (Å²) in [5, 5.41) is 0.356. The molecule has 0 N–H and O–H groups in total. The molecule has 0 radical (unpaired) electrons. The minimum Gasteiger partial charge on any atom is -0.343 e. The largest absolute Gasteiger partial charge is 0.343 e. The van der Waals surface area contributed by atoms with Crippen molar-refractivity contribution >= 4 is 50.3 Å². The van der Waals surface area contributed by atoms with Gasteiger partial charge in [-0.25, -0.2) is 9.88 Å². The standard InChI is InChI=1S/C22H26N4O4S/c1-3-24(4-2)21(30)15-6-5-11-25(13-15)20(29)14-7-8-16-17(12-14)31-22(23-16)26-18(27)9-10-19(26)28/h7-8,12,15H,3-6,9-11,13H2,1-2H3/t15-/m1/s1. The van der Waals surface area contributed by atoms with Crippen LogP contribution in [0, 0.1) is 5.92 Å². The second-order valence-electron chi connectivity index (χ2n) is 7.90. The molecule has 2 aromatic rings. The fraction of sp³-hybridized carbons (Fsp3) is 0.500. The van der Waals surface area contributed by atoms with Gasteiger partial charge in [-0.15, -0.1) is 0 Å². The fourth-order valence-corrected chi connectivity index (χ4v) is 5.31. The summed E-state index contributed by atoms with van der Waals surface area (Å²) in [6.45, 7) is 6.34. The summed E-state index contributed by atoms with van der Waals surface area (Å²) in [5.41, 5.74) is 1.18. The number of imide groups is 1. The molecule has 2 aliphatic heterocycles. The van der Waals surface area contributed by atoms with E-state index in [4.69, 9.17) is 0 Å². The average molecular weight is 443 g/mol. The van der Waals surface area contributed by atoms with Crippen LogP contribution in [0.1, 0.15) is 49.9 Å². The number of benzene rings is 1. The Labute approximate surface area is 184 Å². The lowest BCUT2D eigenvalue weighted by molar-refractivity contribution is -0.136. The second-order valence-corrected chi connectivity index (χ2v) is 8.91. The Morgan fingerprint density at radius 2 is 1.87 bits per heavy atom. The monoisotopic (exact) mass is 442 g/mol. The molecule has 9 heteroatoms. The van der Waals surface area contributed by atoms with Crippen molar-refractivity contribution in [3.8, 4) is 0 Å². The van der Waals surface area contributed by atoms with E-state index in [0.717, 1.165) is 22.4 Å². The number of carbonyl (C=O) groups is 4. The highest BCUT2D eigenvalue weighted by atomic mass is 32.1. The van der Waals surface area contributed by atoms with Crippen LogP contribution in [0.4, 0.5) is 5.13 Å². The highest BCUT2D eigenvalue weighted by molar-refractivity contribution is 7.22. The predicted octanol–water partition coefficient (Wildman–Crippen LogP) is 2.67. The Hall–Kier alpha value is -2.81. The molecule has 0 unspecified atom stereocenters. The molecule has 31 heavy (non-hydrogen) atoms. The van der Waals surface area contributed by atoms with Gasteiger partial charge in [0.2, 0.25) is 17.7 Å². The number of fused-ring (bicyclic) bond motifs is 1. The lowest BCUT2D eigenvalue weighted by Gasteiger charge is -2.34. The van der Waals surface area contributed by atoms with Crippen molar-refractivity contribution in [2.45, 2.75) is 39.5 Å². The zero-order valence-corrected chi connectivity index (χ0v) is 18.6. The van der Waals surface area contributed by atoms with Crippen molar-refractivity contribution in [1.82, 2.24) is 14.8 Å². The van der Waals surface area contributed by atoms with Gasteiger partial charge in [-0.2, -0.15) is 0 Å². The number of rotatable bonds is 5. The molecular weight excluding hydrogens is 416 g/mol. The number of hydrogen-bond acceptors (Lipinski definition) is 6. The van der Waals surface area contributed by atoms with Crippen LogP contribution in [0.2, 0.25) is 0 Å². The van der Waals surface area contributed by atoms with Gasteiger partial charge in [0.1, 0.15) is 0 Å². The van der Waals surface area contributed by atoms with Crippen LogP contribution in [0.5, 0.6) is 0 Å². The topological polar surface area (TPSA) is 90.9 Å². The molecule has 1 aromatic heterocycles. The maximum absolute atomic E-state index is 13.2. The quantitative estimate of drug-likeness (QED) is 0.664. The first-order valence-electron chi connectivity index (χ1n) is 10.8. The van der Waals surface area contributed by atoms with Gasteiger partial charge in [0, 0.05) is 44.6 Å². The van der Waals surface area contributed by atoms with Crippen molar-refractivity contribution in [1.29, 1.82) is 0 Å². The van der Waals surface area contributed by atoms with E-state index in [1.807, 2.05) is 18.7 Å². The van der Waals surface area contributed by atoms with E-state index < -0.39 is 0 Å². The maximum atomic E-state index is 13.2. The van der Waals surface area contributed by atoms with E-state index in [0.29, 0.717) is 42.4 Å². The maximum Gasteiger partial charge on any atom is 0.253 e. The van der Waals surface area contributed by atoms with Gasteiger partial charge < -0.3 is 9.80 Å². The van der Waals surface area contributed by atoms with Gasteiger partial charge in [-0.05, 0) is 44.9 Å².